The van der Waals surface area contributed by atoms with Crippen molar-refractivity contribution in [2.45, 2.75) is 6.04 Å². The zero-order valence-electron chi connectivity index (χ0n) is 10.2. The third-order valence-corrected chi connectivity index (χ3v) is 2.27. The molecule has 1 amide bonds. The van der Waals surface area contributed by atoms with Crippen LogP contribution in [-0.2, 0) is 9.53 Å². The van der Waals surface area contributed by atoms with E-state index in [0.29, 0.717) is 11.3 Å². The Morgan fingerprint density at radius 2 is 2.11 bits per heavy atom. The van der Waals surface area contributed by atoms with Gasteiger partial charge in [0.2, 0.25) is 0 Å². The van der Waals surface area contributed by atoms with Crippen LogP contribution < -0.4 is 10.1 Å². The Morgan fingerprint density at radius 1 is 1.39 bits per heavy atom. The quantitative estimate of drug-likeness (QED) is 0.772. The Kier molecular flexibility index (Phi) is 5.13. The molecule has 0 saturated carbocycles. The van der Waals surface area contributed by atoms with E-state index >= 15 is 0 Å². The van der Waals surface area contributed by atoms with Crippen molar-refractivity contribution in [3.05, 3.63) is 29.8 Å². The molecule has 0 heterocycles. The van der Waals surface area contributed by atoms with Gasteiger partial charge in [-0.1, -0.05) is 6.07 Å². The van der Waals surface area contributed by atoms with Gasteiger partial charge in [-0.15, -0.1) is 0 Å². The minimum Gasteiger partial charge on any atom is -0.497 e. The zero-order chi connectivity index (χ0) is 13.5. The number of hydrogen-bond acceptors (Lipinski definition) is 4. The molecule has 0 bridgehead atoms. The van der Waals surface area contributed by atoms with Crippen molar-refractivity contribution in [1.29, 1.82) is 0 Å². The number of amides is 1. The van der Waals surface area contributed by atoms with E-state index in [1.165, 1.54) is 20.3 Å². The molecule has 1 aromatic carbocycles. The first-order valence-corrected chi connectivity index (χ1v) is 5.25. The number of hydrogen-bond donors (Lipinski definition) is 2. The molecule has 0 spiro atoms. The van der Waals surface area contributed by atoms with E-state index in [9.17, 15) is 9.59 Å². The molecule has 1 atom stereocenters. The maximum atomic E-state index is 11.8. The third-order valence-electron chi connectivity index (χ3n) is 2.27. The van der Waals surface area contributed by atoms with E-state index in [0.717, 1.165) is 0 Å². The summed E-state index contributed by atoms with van der Waals surface area (Å²) in [6, 6.07) is 5.37. The Labute approximate surface area is 105 Å². The van der Waals surface area contributed by atoms with Crippen molar-refractivity contribution in [3.63, 3.8) is 0 Å². The molecule has 0 saturated heterocycles. The number of rotatable bonds is 6. The molecule has 0 aromatic heterocycles. The van der Waals surface area contributed by atoms with Crippen LogP contribution in [0.5, 0.6) is 5.75 Å². The molecular weight excluding hydrogens is 238 g/mol. The molecule has 0 aliphatic heterocycles. The van der Waals surface area contributed by atoms with Gasteiger partial charge < -0.3 is 19.9 Å². The summed E-state index contributed by atoms with van der Waals surface area (Å²) in [6.45, 7) is -0.0922. The SMILES string of the molecule is COCC(NC(=O)c1cccc(OC)c1)C(=O)O. The molecule has 1 aromatic rings. The number of ether oxygens (including phenoxy) is 2. The molecule has 1 unspecified atom stereocenters. The van der Waals surface area contributed by atoms with Crippen LogP contribution in [0, 0.1) is 0 Å². The molecule has 98 valence electrons. The van der Waals surface area contributed by atoms with E-state index < -0.39 is 17.9 Å². The lowest BCUT2D eigenvalue weighted by Crippen LogP contribution is -2.43. The van der Waals surface area contributed by atoms with Crippen molar-refractivity contribution >= 4 is 11.9 Å². The Morgan fingerprint density at radius 3 is 2.67 bits per heavy atom. The number of benzene rings is 1. The van der Waals surface area contributed by atoms with Gasteiger partial charge in [-0.2, -0.15) is 0 Å². The number of aliphatic carboxylic acids is 1. The highest BCUT2D eigenvalue weighted by Gasteiger charge is 2.20. The van der Waals surface area contributed by atoms with E-state index in [1.54, 1.807) is 18.2 Å². The molecule has 1 rings (SSSR count). The van der Waals surface area contributed by atoms with Crippen LogP contribution in [0.15, 0.2) is 24.3 Å². The smallest absolute Gasteiger partial charge is 0.328 e. The normalized spacial score (nSPS) is 11.7. The molecule has 6 heteroatoms. The fraction of sp³-hybridized carbons (Fsp3) is 0.333. The largest absolute Gasteiger partial charge is 0.497 e. The van der Waals surface area contributed by atoms with Crippen LogP contribution in [0.4, 0.5) is 0 Å². The molecule has 0 aliphatic rings. The first-order chi connectivity index (χ1) is 8.58. The number of methoxy groups -OCH3 is 2. The summed E-state index contributed by atoms with van der Waals surface area (Å²) >= 11 is 0. The number of carboxylic acids is 1. The van der Waals surface area contributed by atoms with E-state index in [2.05, 4.69) is 5.32 Å². The van der Waals surface area contributed by atoms with Crippen molar-refractivity contribution in [2.75, 3.05) is 20.8 Å². The first-order valence-electron chi connectivity index (χ1n) is 5.25. The predicted molar refractivity (Wildman–Crippen MR) is 63.8 cm³/mol. The highest BCUT2D eigenvalue weighted by molar-refractivity contribution is 5.96. The molecule has 0 fully saturated rings. The van der Waals surface area contributed by atoms with Gasteiger partial charge in [0.15, 0.2) is 6.04 Å². The Hall–Kier alpha value is -2.08. The maximum absolute atomic E-state index is 11.8. The van der Waals surface area contributed by atoms with Crippen molar-refractivity contribution < 1.29 is 24.2 Å². The summed E-state index contributed by atoms with van der Waals surface area (Å²) in [7, 11) is 2.86. The lowest BCUT2D eigenvalue weighted by Gasteiger charge is -2.13. The predicted octanol–water partition coefficient (Wildman–Crippen LogP) is 0.525. The monoisotopic (exact) mass is 253 g/mol. The molecule has 6 nitrogen and oxygen atoms in total. The highest BCUT2D eigenvalue weighted by Crippen LogP contribution is 2.12. The minimum atomic E-state index is -1.15. The lowest BCUT2D eigenvalue weighted by atomic mass is 10.2. The maximum Gasteiger partial charge on any atom is 0.328 e. The van der Waals surface area contributed by atoms with Crippen molar-refractivity contribution in [1.82, 2.24) is 5.32 Å². The topological polar surface area (TPSA) is 84.9 Å². The number of carbonyl (C=O) groups excluding carboxylic acids is 1. The van der Waals surface area contributed by atoms with Crippen LogP contribution >= 0.6 is 0 Å². The first kappa shape index (κ1) is 14.0. The van der Waals surface area contributed by atoms with Crippen LogP contribution in [0.3, 0.4) is 0 Å². The minimum absolute atomic E-state index is 0.0922. The highest BCUT2D eigenvalue weighted by atomic mass is 16.5. The van der Waals surface area contributed by atoms with Gasteiger partial charge in [-0.05, 0) is 18.2 Å². The second-order valence-electron chi connectivity index (χ2n) is 3.55. The summed E-state index contributed by atoms with van der Waals surface area (Å²) in [5.74, 6) is -1.10. The summed E-state index contributed by atoms with van der Waals surface area (Å²) in [6.07, 6.45) is 0. The molecule has 0 radical (unpaired) electrons. The van der Waals surface area contributed by atoms with Gasteiger partial charge in [0, 0.05) is 12.7 Å². The number of nitrogens with one attached hydrogen (secondary N) is 1. The van der Waals surface area contributed by atoms with Crippen LogP contribution in [-0.4, -0.2) is 43.9 Å². The van der Waals surface area contributed by atoms with Crippen LogP contribution in [0.25, 0.3) is 0 Å². The average Bonchev–Trinajstić information content (AvgIpc) is 2.38. The molecule has 0 aliphatic carbocycles. The standard InChI is InChI=1S/C12H15NO5/c1-17-7-10(12(15)16)13-11(14)8-4-3-5-9(6-8)18-2/h3-6,10H,7H2,1-2H3,(H,13,14)(H,15,16). The lowest BCUT2D eigenvalue weighted by molar-refractivity contribution is -0.140. The van der Waals surface area contributed by atoms with Gasteiger partial charge in [0.05, 0.1) is 13.7 Å². The van der Waals surface area contributed by atoms with Crippen LogP contribution in [0.2, 0.25) is 0 Å². The van der Waals surface area contributed by atoms with E-state index in [4.69, 9.17) is 14.6 Å². The van der Waals surface area contributed by atoms with Gasteiger partial charge in [-0.3, -0.25) is 4.79 Å². The fourth-order valence-electron chi connectivity index (χ4n) is 1.35. The average molecular weight is 253 g/mol. The molecule has 18 heavy (non-hydrogen) atoms. The zero-order valence-corrected chi connectivity index (χ0v) is 10.2. The summed E-state index contributed by atoms with van der Waals surface area (Å²) in [5, 5.41) is 11.2. The molecule has 2 N–H and O–H groups in total. The Balaban J connectivity index is 2.76. The fourth-order valence-corrected chi connectivity index (χ4v) is 1.35. The third kappa shape index (κ3) is 3.74. The number of carbonyl (C=O) groups is 2. The van der Waals surface area contributed by atoms with E-state index in [-0.39, 0.29) is 6.61 Å². The summed E-state index contributed by atoms with van der Waals surface area (Å²) in [4.78, 5) is 22.7. The Bertz CT molecular complexity index is 432. The molecular formula is C12H15NO5. The van der Waals surface area contributed by atoms with Gasteiger partial charge in [0.25, 0.3) is 5.91 Å². The van der Waals surface area contributed by atoms with E-state index in [1.807, 2.05) is 0 Å². The second-order valence-corrected chi connectivity index (χ2v) is 3.55. The van der Waals surface area contributed by atoms with Gasteiger partial charge in [0.1, 0.15) is 5.75 Å². The van der Waals surface area contributed by atoms with Gasteiger partial charge in [-0.25, -0.2) is 4.79 Å². The number of carboxylic acid groups (broad SMARTS) is 1. The van der Waals surface area contributed by atoms with Crippen LogP contribution in [0.1, 0.15) is 10.4 Å². The summed E-state index contributed by atoms with van der Waals surface area (Å²) < 4.78 is 9.71. The van der Waals surface area contributed by atoms with Crippen molar-refractivity contribution in [3.8, 4) is 5.75 Å². The van der Waals surface area contributed by atoms with Crippen molar-refractivity contribution in [2.24, 2.45) is 0 Å². The van der Waals surface area contributed by atoms with Gasteiger partial charge >= 0.3 is 5.97 Å². The second kappa shape index (κ2) is 6.61. The summed E-state index contributed by atoms with van der Waals surface area (Å²) in [5.41, 5.74) is 0.330.